The molecule has 1 amide bonds. The molecule has 2 atom stereocenters. The summed E-state index contributed by atoms with van der Waals surface area (Å²) in [7, 11) is 0. The molecule has 0 saturated carbocycles. The Bertz CT molecular complexity index is 315. The van der Waals surface area contributed by atoms with E-state index in [0.29, 0.717) is 19.5 Å². The first-order chi connectivity index (χ1) is 7.82. The highest BCUT2D eigenvalue weighted by Crippen LogP contribution is 2.27. The van der Waals surface area contributed by atoms with Crippen molar-refractivity contribution < 1.29 is 14.3 Å². The van der Waals surface area contributed by atoms with E-state index < -0.39 is 23.5 Å². The lowest BCUT2D eigenvalue weighted by Crippen LogP contribution is -2.60. The van der Waals surface area contributed by atoms with Gasteiger partial charge in [0, 0.05) is 6.54 Å². The molecule has 0 spiro atoms. The average molecular weight is 242 g/mol. The van der Waals surface area contributed by atoms with E-state index in [-0.39, 0.29) is 5.97 Å². The fourth-order valence-corrected chi connectivity index (χ4v) is 2.41. The van der Waals surface area contributed by atoms with Crippen molar-refractivity contribution in [3.8, 4) is 0 Å². The fourth-order valence-electron chi connectivity index (χ4n) is 2.41. The molecule has 2 unspecified atom stereocenters. The first-order valence-corrected chi connectivity index (χ1v) is 6.08. The molecule has 1 saturated heterocycles. The molecule has 1 rings (SSSR count). The van der Waals surface area contributed by atoms with Crippen molar-refractivity contribution in [2.45, 2.75) is 45.8 Å². The first-order valence-electron chi connectivity index (χ1n) is 6.08. The number of nitrogens with zero attached hydrogens (tertiary/aromatic N) is 1. The Morgan fingerprint density at radius 1 is 1.59 bits per heavy atom. The number of carbonyl (C=O) groups is 2. The van der Waals surface area contributed by atoms with Gasteiger partial charge in [-0.3, -0.25) is 14.5 Å². The number of esters is 1. The Kier molecular flexibility index (Phi) is 4.14. The predicted octanol–water partition coefficient (Wildman–Crippen LogP) is 0.524. The number of primary amides is 1. The van der Waals surface area contributed by atoms with Gasteiger partial charge in [0.15, 0.2) is 0 Å². The van der Waals surface area contributed by atoms with Crippen LogP contribution in [0, 0.1) is 5.92 Å². The standard InChI is InChI=1S/C12H22N2O3/c1-5-8(10(13)15)9-11(16)17-12(3,4)7-14(9)6-2/h8-9H,5-7H2,1-4H3,(H2,13,15). The van der Waals surface area contributed by atoms with Crippen LogP contribution in [0.25, 0.3) is 0 Å². The van der Waals surface area contributed by atoms with Gasteiger partial charge < -0.3 is 10.5 Å². The third kappa shape index (κ3) is 2.97. The van der Waals surface area contributed by atoms with Crippen molar-refractivity contribution in [2.24, 2.45) is 11.7 Å². The molecule has 5 nitrogen and oxygen atoms in total. The summed E-state index contributed by atoms with van der Waals surface area (Å²) in [4.78, 5) is 25.4. The highest BCUT2D eigenvalue weighted by atomic mass is 16.6. The van der Waals surface area contributed by atoms with E-state index in [1.807, 2.05) is 32.6 Å². The summed E-state index contributed by atoms with van der Waals surface area (Å²) in [6.07, 6.45) is 0.548. The van der Waals surface area contributed by atoms with E-state index in [9.17, 15) is 9.59 Å². The van der Waals surface area contributed by atoms with Crippen LogP contribution in [0.4, 0.5) is 0 Å². The van der Waals surface area contributed by atoms with Gasteiger partial charge in [-0.15, -0.1) is 0 Å². The van der Waals surface area contributed by atoms with E-state index in [1.165, 1.54) is 0 Å². The van der Waals surface area contributed by atoms with Crippen molar-refractivity contribution in [1.29, 1.82) is 0 Å². The minimum Gasteiger partial charge on any atom is -0.457 e. The van der Waals surface area contributed by atoms with E-state index in [1.54, 1.807) is 0 Å². The zero-order valence-electron chi connectivity index (χ0n) is 11.0. The second-order valence-corrected chi connectivity index (χ2v) is 5.11. The van der Waals surface area contributed by atoms with Gasteiger partial charge in [-0.1, -0.05) is 13.8 Å². The van der Waals surface area contributed by atoms with Gasteiger partial charge in [0.25, 0.3) is 0 Å². The maximum absolute atomic E-state index is 12.0. The molecule has 1 fully saturated rings. The minimum absolute atomic E-state index is 0.339. The Labute approximate surface area is 102 Å². The van der Waals surface area contributed by atoms with E-state index in [4.69, 9.17) is 10.5 Å². The van der Waals surface area contributed by atoms with Crippen LogP contribution < -0.4 is 5.73 Å². The number of rotatable bonds is 4. The molecule has 0 aromatic heterocycles. The predicted molar refractivity (Wildman–Crippen MR) is 64.2 cm³/mol. The van der Waals surface area contributed by atoms with Crippen molar-refractivity contribution in [1.82, 2.24) is 4.90 Å². The number of morpholine rings is 1. The summed E-state index contributed by atoms with van der Waals surface area (Å²) in [6, 6.07) is -0.532. The highest BCUT2D eigenvalue weighted by molar-refractivity contribution is 5.87. The molecule has 0 aromatic carbocycles. The Morgan fingerprint density at radius 2 is 2.18 bits per heavy atom. The zero-order valence-corrected chi connectivity index (χ0v) is 11.0. The number of amides is 1. The molecular formula is C12H22N2O3. The summed E-state index contributed by atoms with van der Waals surface area (Å²) in [5.74, 6) is -1.25. The van der Waals surface area contributed by atoms with Crippen LogP contribution in [-0.4, -0.2) is 41.5 Å². The molecule has 0 radical (unpaired) electrons. The third-order valence-corrected chi connectivity index (χ3v) is 3.19. The number of hydrogen-bond donors (Lipinski definition) is 1. The summed E-state index contributed by atoms with van der Waals surface area (Å²) < 4.78 is 5.36. The topological polar surface area (TPSA) is 72.6 Å². The maximum atomic E-state index is 12.0. The van der Waals surface area contributed by atoms with Crippen molar-refractivity contribution in [2.75, 3.05) is 13.1 Å². The SMILES string of the molecule is CCC(C(N)=O)C1C(=O)OC(C)(C)CN1CC. The molecule has 1 heterocycles. The molecule has 5 heteroatoms. The quantitative estimate of drug-likeness (QED) is 0.730. The van der Waals surface area contributed by atoms with Crippen LogP contribution in [0.2, 0.25) is 0 Å². The Balaban J connectivity index is 2.96. The lowest BCUT2D eigenvalue weighted by Gasteiger charge is -2.43. The lowest BCUT2D eigenvalue weighted by molar-refractivity contribution is -0.182. The number of carbonyl (C=O) groups excluding carboxylic acids is 2. The fraction of sp³-hybridized carbons (Fsp3) is 0.833. The Morgan fingerprint density at radius 3 is 2.59 bits per heavy atom. The summed E-state index contributed by atoms with van der Waals surface area (Å²) in [6.45, 7) is 8.90. The number of nitrogens with two attached hydrogens (primary N) is 1. The lowest BCUT2D eigenvalue weighted by atomic mass is 9.91. The van der Waals surface area contributed by atoms with Crippen LogP contribution in [0.15, 0.2) is 0 Å². The van der Waals surface area contributed by atoms with Crippen LogP contribution >= 0.6 is 0 Å². The van der Waals surface area contributed by atoms with E-state index in [2.05, 4.69) is 0 Å². The molecular weight excluding hydrogens is 220 g/mol. The van der Waals surface area contributed by atoms with Gasteiger partial charge in [-0.05, 0) is 26.8 Å². The second-order valence-electron chi connectivity index (χ2n) is 5.11. The van der Waals surface area contributed by atoms with Gasteiger partial charge >= 0.3 is 5.97 Å². The van der Waals surface area contributed by atoms with Crippen LogP contribution in [-0.2, 0) is 14.3 Å². The van der Waals surface area contributed by atoms with Crippen LogP contribution in [0.3, 0.4) is 0 Å². The largest absolute Gasteiger partial charge is 0.457 e. The van der Waals surface area contributed by atoms with Crippen molar-refractivity contribution in [3.05, 3.63) is 0 Å². The molecule has 17 heavy (non-hydrogen) atoms. The smallest absolute Gasteiger partial charge is 0.324 e. The first kappa shape index (κ1) is 14.0. The Hall–Kier alpha value is -1.10. The molecule has 0 aliphatic carbocycles. The van der Waals surface area contributed by atoms with Gasteiger partial charge in [-0.2, -0.15) is 0 Å². The van der Waals surface area contributed by atoms with Crippen molar-refractivity contribution in [3.63, 3.8) is 0 Å². The van der Waals surface area contributed by atoms with Crippen LogP contribution in [0.1, 0.15) is 34.1 Å². The summed E-state index contributed by atoms with van der Waals surface area (Å²) >= 11 is 0. The molecule has 98 valence electrons. The third-order valence-electron chi connectivity index (χ3n) is 3.19. The second kappa shape index (κ2) is 5.04. The van der Waals surface area contributed by atoms with Crippen LogP contribution in [0.5, 0.6) is 0 Å². The van der Waals surface area contributed by atoms with Gasteiger partial charge in [-0.25, -0.2) is 0 Å². The zero-order chi connectivity index (χ0) is 13.2. The number of cyclic esters (lactones) is 1. The monoisotopic (exact) mass is 242 g/mol. The number of hydrogen-bond acceptors (Lipinski definition) is 4. The van der Waals surface area contributed by atoms with Gasteiger partial charge in [0.2, 0.25) is 5.91 Å². The number of likely N-dealkylation sites (N-methyl/N-ethyl adjacent to an activating group) is 1. The molecule has 2 N–H and O–H groups in total. The molecule has 1 aliphatic rings. The normalized spacial score (nSPS) is 26.4. The van der Waals surface area contributed by atoms with E-state index in [0.717, 1.165) is 0 Å². The molecule has 0 bridgehead atoms. The van der Waals surface area contributed by atoms with E-state index >= 15 is 0 Å². The summed E-state index contributed by atoms with van der Waals surface area (Å²) in [5, 5.41) is 0. The highest BCUT2D eigenvalue weighted by Gasteiger charge is 2.44. The maximum Gasteiger partial charge on any atom is 0.324 e. The minimum atomic E-state index is -0.532. The molecule has 0 aromatic rings. The number of ether oxygens (including phenoxy) is 1. The van der Waals surface area contributed by atoms with Gasteiger partial charge in [0.05, 0.1) is 5.92 Å². The average Bonchev–Trinajstić information content (AvgIpc) is 2.20. The van der Waals surface area contributed by atoms with Gasteiger partial charge in [0.1, 0.15) is 11.6 Å². The summed E-state index contributed by atoms with van der Waals surface area (Å²) in [5.41, 5.74) is 4.85. The molecule has 1 aliphatic heterocycles. The van der Waals surface area contributed by atoms with Crippen molar-refractivity contribution >= 4 is 11.9 Å².